The zero-order valence-corrected chi connectivity index (χ0v) is 7.53. The number of aryl methyl sites for hydroxylation is 1. The number of rotatable bonds is 4. The Bertz CT molecular complexity index is 305. The lowest BCUT2D eigenvalue weighted by molar-refractivity contribution is -0.136. The number of aliphatic carboxylic acids is 1. The maximum absolute atomic E-state index is 10.4. The fraction of sp³-hybridized carbons (Fsp3) is 0.500. The van der Waals surface area contributed by atoms with Gasteiger partial charge in [0.05, 0.1) is 5.69 Å². The van der Waals surface area contributed by atoms with E-state index in [9.17, 15) is 4.79 Å². The number of ether oxygens (including phenoxy) is 1. The smallest absolute Gasteiger partial charge is 0.311 e. The molecule has 1 N–H and O–H groups in total. The van der Waals surface area contributed by atoms with Crippen LogP contribution in [0.25, 0.3) is 0 Å². The second-order valence-corrected chi connectivity index (χ2v) is 2.62. The summed E-state index contributed by atoms with van der Waals surface area (Å²) >= 11 is 0. The first-order valence-corrected chi connectivity index (χ1v) is 3.79. The fourth-order valence-corrected chi connectivity index (χ4v) is 0.975. The third kappa shape index (κ3) is 2.55. The van der Waals surface area contributed by atoms with Crippen molar-refractivity contribution in [1.82, 2.24) is 4.98 Å². The molecule has 1 rings (SSSR count). The molecule has 0 aliphatic rings. The molecule has 0 aliphatic heterocycles. The standard InChI is InChI=1S/C8H11NO4/c1-5-6(3-8(10)11)13-7(9-5)4-12-2/h3-4H2,1-2H3,(H,10,11). The molecule has 0 atom stereocenters. The Labute approximate surface area is 75.3 Å². The van der Waals surface area contributed by atoms with Crippen molar-refractivity contribution in [2.45, 2.75) is 20.0 Å². The first kappa shape index (κ1) is 9.73. The maximum Gasteiger partial charge on any atom is 0.311 e. The molecule has 0 saturated heterocycles. The summed E-state index contributed by atoms with van der Waals surface area (Å²) in [6.07, 6.45) is -0.136. The number of hydrogen-bond donors (Lipinski definition) is 1. The lowest BCUT2D eigenvalue weighted by atomic mass is 10.3. The molecule has 0 aromatic carbocycles. The van der Waals surface area contributed by atoms with Crippen LogP contribution in [0.3, 0.4) is 0 Å². The third-order valence-electron chi connectivity index (χ3n) is 1.52. The molecule has 0 fully saturated rings. The van der Waals surface area contributed by atoms with E-state index in [4.69, 9.17) is 14.3 Å². The van der Waals surface area contributed by atoms with Crippen molar-refractivity contribution in [2.75, 3.05) is 7.11 Å². The van der Waals surface area contributed by atoms with Gasteiger partial charge in [-0.15, -0.1) is 0 Å². The number of aromatic nitrogens is 1. The number of hydrogen-bond acceptors (Lipinski definition) is 4. The van der Waals surface area contributed by atoms with Crippen LogP contribution in [0.1, 0.15) is 17.3 Å². The predicted octanol–water partition coefficient (Wildman–Crippen LogP) is 0.757. The van der Waals surface area contributed by atoms with E-state index in [2.05, 4.69) is 4.98 Å². The Morgan fingerprint density at radius 2 is 2.38 bits per heavy atom. The van der Waals surface area contributed by atoms with Crippen LogP contribution in [0.4, 0.5) is 0 Å². The third-order valence-corrected chi connectivity index (χ3v) is 1.52. The van der Waals surface area contributed by atoms with Gasteiger partial charge in [-0.05, 0) is 6.92 Å². The summed E-state index contributed by atoms with van der Waals surface area (Å²) in [6.45, 7) is 1.97. The van der Waals surface area contributed by atoms with Gasteiger partial charge < -0.3 is 14.3 Å². The van der Waals surface area contributed by atoms with Crippen LogP contribution in [0.2, 0.25) is 0 Å². The second kappa shape index (κ2) is 4.04. The lowest BCUT2D eigenvalue weighted by Crippen LogP contribution is -1.99. The number of oxazole rings is 1. The van der Waals surface area contributed by atoms with E-state index in [-0.39, 0.29) is 13.0 Å². The van der Waals surface area contributed by atoms with Crippen LogP contribution in [-0.2, 0) is 22.6 Å². The first-order chi connectivity index (χ1) is 6.13. The van der Waals surface area contributed by atoms with Crippen molar-refractivity contribution in [3.8, 4) is 0 Å². The number of nitrogens with zero attached hydrogens (tertiary/aromatic N) is 1. The van der Waals surface area contributed by atoms with Crippen LogP contribution >= 0.6 is 0 Å². The summed E-state index contributed by atoms with van der Waals surface area (Å²) in [6, 6.07) is 0. The zero-order valence-electron chi connectivity index (χ0n) is 7.53. The van der Waals surface area contributed by atoms with Crippen molar-refractivity contribution in [2.24, 2.45) is 0 Å². The van der Waals surface area contributed by atoms with E-state index in [0.717, 1.165) is 0 Å². The minimum atomic E-state index is -0.928. The van der Waals surface area contributed by atoms with E-state index in [1.54, 1.807) is 6.92 Å². The molecule has 1 aromatic heterocycles. The van der Waals surface area contributed by atoms with Gasteiger partial charge in [0.2, 0.25) is 5.89 Å². The molecule has 0 aliphatic carbocycles. The molecule has 0 amide bonds. The van der Waals surface area contributed by atoms with Gasteiger partial charge in [-0.25, -0.2) is 4.98 Å². The molecule has 0 unspecified atom stereocenters. The summed E-state index contributed by atoms with van der Waals surface area (Å²) in [5, 5.41) is 8.51. The molecule has 0 radical (unpaired) electrons. The highest BCUT2D eigenvalue weighted by Gasteiger charge is 2.12. The van der Waals surface area contributed by atoms with Gasteiger partial charge in [-0.2, -0.15) is 0 Å². The minimum absolute atomic E-state index is 0.136. The Kier molecular flexibility index (Phi) is 3.02. The Balaban J connectivity index is 2.77. The molecule has 72 valence electrons. The van der Waals surface area contributed by atoms with Gasteiger partial charge in [0.25, 0.3) is 0 Å². The number of carboxylic acids is 1. The Morgan fingerprint density at radius 3 is 2.92 bits per heavy atom. The summed E-state index contributed by atoms with van der Waals surface area (Å²) in [4.78, 5) is 14.4. The SMILES string of the molecule is COCc1nc(C)c(CC(=O)O)o1. The van der Waals surface area contributed by atoms with Gasteiger partial charge in [-0.3, -0.25) is 4.79 Å². The lowest BCUT2D eigenvalue weighted by Gasteiger charge is -1.91. The zero-order chi connectivity index (χ0) is 9.84. The monoisotopic (exact) mass is 185 g/mol. The van der Waals surface area contributed by atoms with Gasteiger partial charge in [0, 0.05) is 7.11 Å². The average Bonchev–Trinajstić information content (AvgIpc) is 2.31. The number of carboxylic acid groups (broad SMARTS) is 1. The Morgan fingerprint density at radius 1 is 1.69 bits per heavy atom. The Hall–Kier alpha value is -1.36. The van der Waals surface area contributed by atoms with E-state index >= 15 is 0 Å². The molecular formula is C8H11NO4. The van der Waals surface area contributed by atoms with Crippen molar-refractivity contribution in [3.63, 3.8) is 0 Å². The number of carbonyl (C=O) groups is 1. The van der Waals surface area contributed by atoms with E-state index in [0.29, 0.717) is 17.3 Å². The molecule has 0 saturated carbocycles. The summed E-state index contributed by atoms with van der Waals surface area (Å²) in [7, 11) is 1.52. The van der Waals surface area contributed by atoms with Crippen LogP contribution in [0.15, 0.2) is 4.42 Å². The second-order valence-electron chi connectivity index (χ2n) is 2.62. The molecule has 1 heterocycles. The molecule has 13 heavy (non-hydrogen) atoms. The van der Waals surface area contributed by atoms with Crippen molar-refractivity contribution < 1.29 is 19.1 Å². The normalized spacial score (nSPS) is 10.3. The van der Waals surface area contributed by atoms with Crippen LogP contribution in [-0.4, -0.2) is 23.2 Å². The molecule has 1 aromatic rings. The summed E-state index contributed by atoms with van der Waals surface area (Å²) in [5.41, 5.74) is 0.606. The highest BCUT2D eigenvalue weighted by molar-refractivity contribution is 5.69. The van der Waals surface area contributed by atoms with E-state index < -0.39 is 5.97 Å². The molecule has 5 nitrogen and oxygen atoms in total. The van der Waals surface area contributed by atoms with E-state index in [1.807, 2.05) is 0 Å². The highest BCUT2D eigenvalue weighted by Crippen LogP contribution is 2.11. The molecule has 0 spiro atoms. The number of methoxy groups -OCH3 is 1. The van der Waals surface area contributed by atoms with Crippen LogP contribution < -0.4 is 0 Å². The minimum Gasteiger partial charge on any atom is -0.481 e. The topological polar surface area (TPSA) is 72.6 Å². The maximum atomic E-state index is 10.4. The average molecular weight is 185 g/mol. The van der Waals surface area contributed by atoms with Crippen molar-refractivity contribution in [3.05, 3.63) is 17.3 Å². The van der Waals surface area contributed by atoms with Gasteiger partial charge in [0.15, 0.2) is 0 Å². The molecule has 0 bridgehead atoms. The quantitative estimate of drug-likeness (QED) is 0.749. The van der Waals surface area contributed by atoms with Gasteiger partial charge in [-0.1, -0.05) is 0 Å². The molecular weight excluding hydrogens is 174 g/mol. The highest BCUT2D eigenvalue weighted by atomic mass is 16.5. The van der Waals surface area contributed by atoms with Crippen LogP contribution in [0.5, 0.6) is 0 Å². The predicted molar refractivity (Wildman–Crippen MR) is 43.3 cm³/mol. The molecule has 5 heteroatoms. The van der Waals surface area contributed by atoms with Crippen molar-refractivity contribution in [1.29, 1.82) is 0 Å². The first-order valence-electron chi connectivity index (χ1n) is 3.79. The van der Waals surface area contributed by atoms with Crippen molar-refractivity contribution >= 4 is 5.97 Å². The van der Waals surface area contributed by atoms with Gasteiger partial charge >= 0.3 is 5.97 Å². The summed E-state index contributed by atoms with van der Waals surface area (Å²) < 4.78 is 9.95. The van der Waals surface area contributed by atoms with E-state index in [1.165, 1.54) is 7.11 Å². The fourth-order valence-electron chi connectivity index (χ4n) is 0.975. The largest absolute Gasteiger partial charge is 0.481 e. The summed E-state index contributed by atoms with van der Waals surface area (Å²) in [5.74, 6) is -0.126. The van der Waals surface area contributed by atoms with Crippen LogP contribution in [0, 0.1) is 6.92 Å². The van der Waals surface area contributed by atoms with Gasteiger partial charge in [0.1, 0.15) is 18.8 Å².